The third-order valence-electron chi connectivity index (χ3n) is 3.53. The van der Waals surface area contributed by atoms with Crippen molar-refractivity contribution in [2.24, 2.45) is 5.73 Å². The summed E-state index contributed by atoms with van der Waals surface area (Å²) in [5, 5.41) is 3.18. The van der Waals surface area contributed by atoms with Crippen molar-refractivity contribution in [2.75, 3.05) is 0 Å². The van der Waals surface area contributed by atoms with Gasteiger partial charge in [-0.3, -0.25) is 4.40 Å². The third-order valence-corrected chi connectivity index (χ3v) is 4.54. The van der Waals surface area contributed by atoms with Crippen LogP contribution in [0.4, 0.5) is 0 Å². The standard InChI is InChI=1S/C15H12N4S2/c16-14(20)11-1-2-13-10(7-11)3-4-18(13)8-12-9-19-5-6-21-15(19)17-12/h1-7,9H,8H2,(H2,16,20). The second-order valence-electron chi connectivity index (χ2n) is 4.91. The number of fused-ring (bicyclic) bond motifs is 2. The first-order valence-electron chi connectivity index (χ1n) is 6.50. The molecule has 0 aliphatic heterocycles. The van der Waals surface area contributed by atoms with E-state index < -0.39 is 0 Å². The monoisotopic (exact) mass is 312 g/mol. The van der Waals surface area contributed by atoms with Crippen LogP contribution in [-0.2, 0) is 6.54 Å². The molecule has 3 aromatic heterocycles. The molecule has 0 saturated heterocycles. The zero-order chi connectivity index (χ0) is 14.4. The number of rotatable bonds is 3. The molecule has 0 unspecified atom stereocenters. The van der Waals surface area contributed by atoms with E-state index >= 15 is 0 Å². The fourth-order valence-corrected chi connectivity index (χ4v) is 3.36. The third kappa shape index (κ3) is 2.12. The van der Waals surface area contributed by atoms with E-state index in [-0.39, 0.29) is 0 Å². The van der Waals surface area contributed by atoms with Gasteiger partial charge in [0, 0.05) is 40.4 Å². The van der Waals surface area contributed by atoms with Crippen LogP contribution < -0.4 is 5.73 Å². The smallest absolute Gasteiger partial charge is 0.193 e. The number of thiazole rings is 1. The Morgan fingerprint density at radius 3 is 3.00 bits per heavy atom. The number of nitrogens with zero attached hydrogens (tertiary/aromatic N) is 3. The molecule has 1 aromatic carbocycles. The van der Waals surface area contributed by atoms with Gasteiger partial charge in [-0.1, -0.05) is 12.2 Å². The Labute approximate surface area is 130 Å². The van der Waals surface area contributed by atoms with Crippen molar-refractivity contribution in [1.29, 1.82) is 0 Å². The first-order valence-corrected chi connectivity index (χ1v) is 7.79. The zero-order valence-electron chi connectivity index (χ0n) is 11.1. The van der Waals surface area contributed by atoms with Crippen molar-refractivity contribution in [3.63, 3.8) is 0 Å². The van der Waals surface area contributed by atoms with Gasteiger partial charge in [-0.2, -0.15) is 0 Å². The summed E-state index contributed by atoms with van der Waals surface area (Å²) in [6, 6.07) is 8.13. The van der Waals surface area contributed by atoms with Crippen LogP contribution in [0.5, 0.6) is 0 Å². The van der Waals surface area contributed by atoms with E-state index in [1.807, 2.05) is 23.7 Å². The number of imidazole rings is 1. The highest BCUT2D eigenvalue weighted by atomic mass is 32.1. The van der Waals surface area contributed by atoms with E-state index in [4.69, 9.17) is 18.0 Å². The molecule has 0 radical (unpaired) electrons. The van der Waals surface area contributed by atoms with Crippen LogP contribution in [0, 0.1) is 0 Å². The normalized spacial score (nSPS) is 11.4. The lowest BCUT2D eigenvalue weighted by atomic mass is 10.1. The van der Waals surface area contributed by atoms with Gasteiger partial charge in [-0.15, -0.1) is 11.3 Å². The van der Waals surface area contributed by atoms with Crippen molar-refractivity contribution in [3.8, 4) is 0 Å². The molecular formula is C15H12N4S2. The van der Waals surface area contributed by atoms with E-state index in [2.05, 4.69) is 38.5 Å². The maximum absolute atomic E-state index is 5.68. The summed E-state index contributed by atoms with van der Waals surface area (Å²) in [6.45, 7) is 0.754. The van der Waals surface area contributed by atoms with Crippen molar-refractivity contribution in [3.05, 3.63) is 59.5 Å². The average Bonchev–Trinajstić information content (AvgIpc) is 3.13. The summed E-state index contributed by atoms with van der Waals surface area (Å²) in [6.07, 6.45) is 6.17. The summed E-state index contributed by atoms with van der Waals surface area (Å²) in [5.74, 6) is 0. The lowest BCUT2D eigenvalue weighted by molar-refractivity contribution is 0.815. The van der Waals surface area contributed by atoms with Crippen LogP contribution in [-0.4, -0.2) is 18.9 Å². The molecule has 104 valence electrons. The number of thiocarbonyl (C=S) groups is 1. The minimum absolute atomic E-state index is 0.430. The van der Waals surface area contributed by atoms with Gasteiger partial charge < -0.3 is 10.3 Å². The number of benzene rings is 1. The van der Waals surface area contributed by atoms with Gasteiger partial charge in [0.2, 0.25) is 0 Å². The highest BCUT2D eigenvalue weighted by Gasteiger charge is 2.07. The van der Waals surface area contributed by atoms with E-state index in [0.29, 0.717) is 4.99 Å². The summed E-state index contributed by atoms with van der Waals surface area (Å²) in [5.41, 5.74) is 8.79. The Hall–Kier alpha value is -2.18. The van der Waals surface area contributed by atoms with Gasteiger partial charge >= 0.3 is 0 Å². The number of aromatic nitrogens is 3. The molecule has 0 aliphatic carbocycles. The largest absolute Gasteiger partial charge is 0.389 e. The summed E-state index contributed by atoms with van der Waals surface area (Å²) < 4.78 is 4.24. The quantitative estimate of drug-likeness (QED) is 0.592. The predicted octanol–water partition coefficient (Wildman–Crippen LogP) is 3.03. The molecule has 0 fully saturated rings. The van der Waals surface area contributed by atoms with Crippen LogP contribution in [0.15, 0.2) is 48.2 Å². The number of nitrogens with two attached hydrogens (primary N) is 1. The SMILES string of the molecule is NC(=S)c1ccc2c(ccn2Cc2cn3ccsc3n2)c1. The van der Waals surface area contributed by atoms with Crippen molar-refractivity contribution >= 4 is 44.4 Å². The summed E-state index contributed by atoms with van der Waals surface area (Å²) in [7, 11) is 0. The molecule has 0 atom stereocenters. The fourth-order valence-electron chi connectivity index (χ4n) is 2.52. The lowest BCUT2D eigenvalue weighted by Gasteiger charge is -2.04. The van der Waals surface area contributed by atoms with E-state index in [1.165, 1.54) is 0 Å². The molecule has 21 heavy (non-hydrogen) atoms. The Morgan fingerprint density at radius 1 is 1.29 bits per heavy atom. The highest BCUT2D eigenvalue weighted by molar-refractivity contribution is 7.80. The molecule has 0 spiro atoms. The molecular weight excluding hydrogens is 300 g/mol. The van der Waals surface area contributed by atoms with Crippen molar-refractivity contribution in [2.45, 2.75) is 6.54 Å². The zero-order valence-corrected chi connectivity index (χ0v) is 12.7. The lowest BCUT2D eigenvalue weighted by Crippen LogP contribution is -2.08. The van der Waals surface area contributed by atoms with Crippen LogP contribution in [0.2, 0.25) is 0 Å². The van der Waals surface area contributed by atoms with E-state index in [1.54, 1.807) is 11.3 Å². The summed E-state index contributed by atoms with van der Waals surface area (Å²) >= 11 is 6.67. The molecule has 0 bridgehead atoms. The molecule has 4 nitrogen and oxygen atoms in total. The molecule has 0 aliphatic rings. The minimum atomic E-state index is 0.430. The van der Waals surface area contributed by atoms with Crippen molar-refractivity contribution < 1.29 is 0 Å². The van der Waals surface area contributed by atoms with Crippen molar-refractivity contribution in [1.82, 2.24) is 14.0 Å². The Kier molecular flexibility index (Phi) is 2.80. The maximum Gasteiger partial charge on any atom is 0.193 e. The molecule has 0 saturated carbocycles. The van der Waals surface area contributed by atoms with Crippen LogP contribution >= 0.6 is 23.6 Å². The Morgan fingerprint density at radius 2 is 2.19 bits per heavy atom. The summed E-state index contributed by atoms with van der Waals surface area (Å²) in [4.78, 5) is 6.07. The van der Waals surface area contributed by atoms with Gasteiger partial charge in [0.15, 0.2) is 4.96 Å². The fraction of sp³-hybridized carbons (Fsp3) is 0.0667. The van der Waals surface area contributed by atoms with Gasteiger partial charge in [0.1, 0.15) is 4.99 Å². The average molecular weight is 312 g/mol. The van der Waals surface area contributed by atoms with Crippen LogP contribution in [0.3, 0.4) is 0 Å². The van der Waals surface area contributed by atoms with Crippen LogP contribution in [0.25, 0.3) is 15.9 Å². The molecule has 6 heteroatoms. The number of hydrogen-bond donors (Lipinski definition) is 1. The van der Waals surface area contributed by atoms with Gasteiger partial charge in [-0.25, -0.2) is 4.98 Å². The Bertz CT molecular complexity index is 932. The molecule has 4 rings (SSSR count). The van der Waals surface area contributed by atoms with Crippen LogP contribution in [0.1, 0.15) is 11.3 Å². The number of hydrogen-bond acceptors (Lipinski definition) is 3. The topological polar surface area (TPSA) is 48.2 Å². The van der Waals surface area contributed by atoms with Gasteiger partial charge in [0.05, 0.1) is 12.2 Å². The molecule has 3 heterocycles. The molecule has 0 amide bonds. The van der Waals surface area contributed by atoms with Gasteiger partial charge in [-0.05, 0) is 24.3 Å². The first kappa shape index (κ1) is 12.6. The predicted molar refractivity (Wildman–Crippen MR) is 90.0 cm³/mol. The highest BCUT2D eigenvalue weighted by Crippen LogP contribution is 2.20. The van der Waals surface area contributed by atoms with E-state index in [0.717, 1.165) is 33.7 Å². The minimum Gasteiger partial charge on any atom is -0.389 e. The second kappa shape index (κ2) is 4.68. The Balaban J connectivity index is 1.73. The van der Waals surface area contributed by atoms with E-state index in [9.17, 15) is 0 Å². The molecule has 4 aromatic rings. The first-order chi connectivity index (χ1) is 10.2. The maximum atomic E-state index is 5.68. The van der Waals surface area contributed by atoms with Gasteiger partial charge in [0.25, 0.3) is 0 Å². The molecule has 2 N–H and O–H groups in total. The second-order valence-corrected chi connectivity index (χ2v) is 6.22.